The Kier molecular flexibility index (Phi) is 2.24. The van der Waals surface area contributed by atoms with E-state index in [9.17, 15) is 0 Å². The van der Waals surface area contributed by atoms with Gasteiger partial charge in [0.1, 0.15) is 0 Å². The summed E-state index contributed by atoms with van der Waals surface area (Å²) >= 11 is 5.59. The van der Waals surface area contributed by atoms with E-state index < -0.39 is 0 Å². The summed E-state index contributed by atoms with van der Waals surface area (Å²) in [6.07, 6.45) is 4.49. The van der Waals surface area contributed by atoms with Gasteiger partial charge in [-0.15, -0.1) is 0 Å². The lowest BCUT2D eigenvalue weighted by molar-refractivity contribution is 1.29. The van der Waals surface area contributed by atoms with Gasteiger partial charge < -0.3 is 0 Å². The maximum atomic E-state index is 8.23. The topological polar surface area (TPSA) is 36.7 Å². The van der Waals surface area contributed by atoms with E-state index >= 15 is 0 Å². The third kappa shape index (κ3) is 1.71. The van der Waals surface area contributed by atoms with Gasteiger partial charge >= 0.3 is 0 Å². The van der Waals surface area contributed by atoms with Crippen LogP contribution in [0.3, 0.4) is 0 Å². The zero-order valence-corrected chi connectivity index (χ0v) is 5.84. The highest BCUT2D eigenvalue weighted by Gasteiger charge is 1.92. The van der Waals surface area contributed by atoms with E-state index in [1.54, 1.807) is 12.3 Å². The molecule has 0 bridgehead atoms. The smallest absolute Gasteiger partial charge is 0.0927 e. The fourth-order valence-corrected chi connectivity index (χ4v) is 0.764. The van der Waals surface area contributed by atoms with Crippen LogP contribution < -0.4 is 0 Å². The fraction of sp³-hybridized carbons (Fsp3) is 0. The molecule has 1 aromatic heterocycles. The number of halogens is 1. The summed E-state index contributed by atoms with van der Waals surface area (Å²) in [6.45, 7) is 0. The zero-order chi connectivity index (χ0) is 7.40. The first kappa shape index (κ1) is 7.04. The Balaban J connectivity index is 2.87. The second-order valence-corrected chi connectivity index (χ2v) is 2.15. The van der Waals surface area contributed by atoms with Crippen molar-refractivity contribution in [1.29, 1.82) is 5.26 Å². The average molecular weight is 152 g/mol. The van der Waals surface area contributed by atoms with E-state index in [0.717, 1.165) is 5.56 Å². The number of nitrogens with zero attached hydrogens (tertiary/aromatic N) is 2. The Morgan fingerprint density at radius 2 is 2.40 bits per heavy atom. The lowest BCUT2D eigenvalue weighted by atomic mass is 10.2. The molecule has 1 radical (unpaired) electrons. The second-order valence-electron chi connectivity index (χ2n) is 1.71. The van der Waals surface area contributed by atoms with Gasteiger partial charge in [-0.3, -0.25) is 4.98 Å². The highest BCUT2D eigenvalue weighted by molar-refractivity contribution is 6.30. The molecule has 0 aliphatic rings. The summed E-state index contributed by atoms with van der Waals surface area (Å²) in [7, 11) is 0. The van der Waals surface area contributed by atoms with Gasteiger partial charge in [-0.2, -0.15) is 5.26 Å². The molecule has 0 aliphatic carbocycles. The summed E-state index contributed by atoms with van der Waals surface area (Å²) in [5, 5.41) is 8.78. The molecule has 0 aliphatic heterocycles. The van der Waals surface area contributed by atoms with Crippen LogP contribution in [-0.4, -0.2) is 4.98 Å². The van der Waals surface area contributed by atoms with Crippen LogP contribution in [-0.2, 0) is 0 Å². The molecule has 1 heterocycles. The van der Waals surface area contributed by atoms with Crippen LogP contribution in [0.5, 0.6) is 0 Å². The predicted octanol–water partition coefficient (Wildman–Crippen LogP) is 1.81. The molecular formula is C7H4ClN2. The van der Waals surface area contributed by atoms with Crippen LogP contribution in [0.15, 0.2) is 18.5 Å². The summed E-state index contributed by atoms with van der Waals surface area (Å²) in [5.41, 5.74) is 0.731. The normalized spacial score (nSPS) is 8.80. The quantitative estimate of drug-likeness (QED) is 0.614. The van der Waals surface area contributed by atoms with Crippen LogP contribution in [0.4, 0.5) is 0 Å². The van der Waals surface area contributed by atoms with E-state index in [4.69, 9.17) is 16.9 Å². The molecule has 3 heteroatoms. The van der Waals surface area contributed by atoms with Crippen molar-refractivity contribution in [3.8, 4) is 6.07 Å². The van der Waals surface area contributed by atoms with Crippen LogP contribution in [0, 0.1) is 17.8 Å². The van der Waals surface area contributed by atoms with Crippen molar-refractivity contribution in [2.75, 3.05) is 0 Å². The molecule has 1 rings (SSSR count). The first-order valence-corrected chi connectivity index (χ1v) is 3.04. The van der Waals surface area contributed by atoms with Crippen molar-refractivity contribution in [3.63, 3.8) is 0 Å². The number of hydrogen-bond donors (Lipinski definition) is 0. The minimum absolute atomic E-state index is 0.545. The lowest BCUT2D eigenvalue weighted by Crippen LogP contribution is -1.79. The van der Waals surface area contributed by atoms with Gasteiger partial charge in [0.2, 0.25) is 0 Å². The SMILES string of the molecule is N#C[CH]c1cncc(Cl)c1. The number of hydrogen-bond acceptors (Lipinski definition) is 2. The monoisotopic (exact) mass is 151 g/mol. The third-order valence-corrected chi connectivity index (χ3v) is 1.16. The van der Waals surface area contributed by atoms with Gasteiger partial charge in [0, 0.05) is 12.4 Å². The first-order valence-electron chi connectivity index (χ1n) is 2.66. The largest absolute Gasteiger partial charge is 0.263 e. The summed E-state index contributed by atoms with van der Waals surface area (Å²) in [4.78, 5) is 3.79. The predicted molar refractivity (Wildman–Crippen MR) is 38.3 cm³/mol. The van der Waals surface area contributed by atoms with Gasteiger partial charge in [0.15, 0.2) is 0 Å². The molecule has 0 aromatic carbocycles. The summed E-state index contributed by atoms with van der Waals surface area (Å²) in [5.74, 6) is 0. The highest BCUT2D eigenvalue weighted by atomic mass is 35.5. The zero-order valence-electron chi connectivity index (χ0n) is 5.08. The number of rotatable bonds is 1. The lowest BCUT2D eigenvalue weighted by Gasteiger charge is -1.91. The standard InChI is InChI=1S/C7H4ClN2/c8-7-3-6(1-2-9)4-10-5-7/h1,3-5H. The van der Waals surface area contributed by atoms with Gasteiger partial charge in [-0.25, -0.2) is 0 Å². The Hall–Kier alpha value is -1.07. The minimum Gasteiger partial charge on any atom is -0.263 e. The average Bonchev–Trinajstić information content (AvgIpc) is 1.88. The molecule has 49 valence electrons. The van der Waals surface area contributed by atoms with Crippen LogP contribution in [0.1, 0.15) is 5.56 Å². The molecular weight excluding hydrogens is 148 g/mol. The van der Waals surface area contributed by atoms with E-state index in [1.807, 2.05) is 6.07 Å². The van der Waals surface area contributed by atoms with Crippen molar-refractivity contribution < 1.29 is 0 Å². The second kappa shape index (κ2) is 3.19. The molecule has 0 unspecified atom stereocenters. The van der Waals surface area contributed by atoms with E-state index in [1.165, 1.54) is 12.6 Å². The molecule has 0 saturated heterocycles. The fourth-order valence-electron chi connectivity index (χ4n) is 0.582. The Labute approximate surface area is 64.1 Å². The molecule has 2 nitrogen and oxygen atoms in total. The number of pyridine rings is 1. The first-order chi connectivity index (χ1) is 4.83. The van der Waals surface area contributed by atoms with Crippen molar-refractivity contribution in [2.45, 2.75) is 0 Å². The third-order valence-electron chi connectivity index (χ3n) is 0.957. The van der Waals surface area contributed by atoms with Crippen molar-refractivity contribution in [2.24, 2.45) is 0 Å². The number of nitriles is 1. The Bertz CT molecular complexity index is 265. The maximum Gasteiger partial charge on any atom is 0.0927 e. The van der Waals surface area contributed by atoms with Crippen molar-refractivity contribution in [3.05, 3.63) is 35.5 Å². The Morgan fingerprint density at radius 3 is 3.00 bits per heavy atom. The van der Waals surface area contributed by atoms with Crippen molar-refractivity contribution >= 4 is 11.6 Å². The highest BCUT2D eigenvalue weighted by Crippen LogP contribution is 2.08. The maximum absolute atomic E-state index is 8.23. The number of aromatic nitrogens is 1. The molecule has 0 spiro atoms. The van der Waals surface area contributed by atoms with Crippen molar-refractivity contribution in [1.82, 2.24) is 4.98 Å². The minimum atomic E-state index is 0.545. The molecule has 0 amide bonds. The molecule has 0 fully saturated rings. The van der Waals surface area contributed by atoms with E-state index in [0.29, 0.717) is 5.02 Å². The summed E-state index contributed by atoms with van der Waals surface area (Å²) < 4.78 is 0. The Morgan fingerprint density at radius 1 is 1.60 bits per heavy atom. The van der Waals surface area contributed by atoms with Crippen LogP contribution in [0.2, 0.25) is 5.02 Å². The molecule has 0 atom stereocenters. The van der Waals surface area contributed by atoms with E-state index in [2.05, 4.69) is 4.98 Å². The van der Waals surface area contributed by atoms with Gasteiger partial charge in [0.25, 0.3) is 0 Å². The molecule has 10 heavy (non-hydrogen) atoms. The van der Waals surface area contributed by atoms with Gasteiger partial charge in [-0.1, -0.05) is 11.6 Å². The van der Waals surface area contributed by atoms with Gasteiger partial charge in [0.05, 0.1) is 17.5 Å². The van der Waals surface area contributed by atoms with Gasteiger partial charge in [-0.05, 0) is 11.6 Å². The van der Waals surface area contributed by atoms with E-state index in [-0.39, 0.29) is 0 Å². The molecule has 0 saturated carbocycles. The molecule has 0 N–H and O–H groups in total. The van der Waals surface area contributed by atoms with Crippen LogP contribution in [0.25, 0.3) is 0 Å². The molecule has 1 aromatic rings. The van der Waals surface area contributed by atoms with Crippen LogP contribution >= 0.6 is 11.6 Å². The summed E-state index contributed by atoms with van der Waals surface area (Å²) in [6, 6.07) is 3.57.